The Kier molecular flexibility index (Phi) is 6.69. The molecular weight excluding hydrogens is 334 g/mol. The van der Waals surface area contributed by atoms with Crippen LogP contribution in [-0.4, -0.2) is 22.6 Å². The quantitative estimate of drug-likeness (QED) is 0.465. The smallest absolute Gasteiger partial charge is 0.218 e. The van der Waals surface area contributed by atoms with Crippen LogP contribution in [0, 0.1) is 0 Å². The van der Waals surface area contributed by atoms with Gasteiger partial charge >= 0.3 is 0 Å². The Bertz CT molecular complexity index is 70.3. The Hall–Kier alpha value is 0.890. The van der Waals surface area contributed by atoms with E-state index in [-0.39, 0.29) is 0 Å². The summed E-state index contributed by atoms with van der Waals surface area (Å²) < 4.78 is 4.46. The molecule has 0 radical (unpaired) electrons. The standard InChI is InChI=1S/C3H6I2N2O/c4-6-1-2-7(5)3-8/h3,6H,1-2H2. The van der Waals surface area contributed by atoms with Crippen molar-refractivity contribution in [3.63, 3.8) is 0 Å². The molecule has 48 valence electrons. The normalized spacial score (nSPS) is 8.75. The van der Waals surface area contributed by atoms with Crippen LogP contribution in [0.15, 0.2) is 0 Å². The zero-order valence-corrected chi connectivity index (χ0v) is 8.42. The summed E-state index contributed by atoms with van der Waals surface area (Å²) in [5, 5.41) is 0. The van der Waals surface area contributed by atoms with Gasteiger partial charge in [0.25, 0.3) is 0 Å². The number of amides is 1. The van der Waals surface area contributed by atoms with E-state index in [1.54, 1.807) is 3.11 Å². The van der Waals surface area contributed by atoms with Crippen molar-refractivity contribution in [1.29, 1.82) is 0 Å². The van der Waals surface area contributed by atoms with E-state index in [1.807, 2.05) is 45.7 Å². The molecular formula is C3H6I2N2O. The van der Waals surface area contributed by atoms with Crippen LogP contribution in [0.2, 0.25) is 0 Å². The highest BCUT2D eigenvalue weighted by molar-refractivity contribution is 14.1. The van der Waals surface area contributed by atoms with Gasteiger partial charge in [-0.3, -0.25) is 11.4 Å². The van der Waals surface area contributed by atoms with E-state index in [1.165, 1.54) is 0 Å². The highest BCUT2D eigenvalue weighted by Crippen LogP contribution is 1.90. The lowest BCUT2D eigenvalue weighted by Gasteiger charge is -2.04. The minimum Gasteiger partial charge on any atom is -0.286 e. The topological polar surface area (TPSA) is 32.3 Å². The summed E-state index contributed by atoms with van der Waals surface area (Å²) in [7, 11) is 0. The van der Waals surface area contributed by atoms with E-state index < -0.39 is 0 Å². The zero-order valence-electron chi connectivity index (χ0n) is 4.10. The molecule has 0 aliphatic heterocycles. The molecule has 0 rings (SSSR count). The van der Waals surface area contributed by atoms with E-state index >= 15 is 0 Å². The fourth-order valence-electron chi connectivity index (χ4n) is 0.202. The molecule has 8 heavy (non-hydrogen) atoms. The van der Waals surface area contributed by atoms with Crippen molar-refractivity contribution in [2.75, 3.05) is 13.1 Å². The van der Waals surface area contributed by atoms with Crippen LogP contribution in [0.4, 0.5) is 0 Å². The second kappa shape index (κ2) is 6.02. The third-order valence-electron chi connectivity index (χ3n) is 0.534. The van der Waals surface area contributed by atoms with Gasteiger partial charge in [-0.2, -0.15) is 0 Å². The van der Waals surface area contributed by atoms with Gasteiger partial charge in [0.05, 0.1) is 22.9 Å². The number of hydrogen-bond acceptors (Lipinski definition) is 2. The molecule has 0 heterocycles. The monoisotopic (exact) mass is 340 g/mol. The maximum atomic E-state index is 9.90. The molecule has 0 spiro atoms. The lowest BCUT2D eigenvalue weighted by atomic mass is 10.7. The third kappa shape index (κ3) is 5.04. The van der Waals surface area contributed by atoms with Gasteiger partial charge in [-0.1, -0.05) is 0 Å². The van der Waals surface area contributed by atoms with Gasteiger partial charge < -0.3 is 0 Å². The average Bonchev–Trinajstić information content (AvgIpc) is 1.83. The number of nitrogens with one attached hydrogen (secondary N) is 1. The highest BCUT2D eigenvalue weighted by Gasteiger charge is 1.90. The molecule has 1 amide bonds. The lowest BCUT2D eigenvalue weighted by Crippen LogP contribution is -2.18. The molecule has 1 N–H and O–H groups in total. The number of carbonyl (C=O) groups is 1. The van der Waals surface area contributed by atoms with E-state index in [2.05, 4.69) is 3.53 Å². The predicted molar refractivity (Wildman–Crippen MR) is 48.8 cm³/mol. The van der Waals surface area contributed by atoms with Crippen molar-refractivity contribution in [2.45, 2.75) is 0 Å². The minimum absolute atomic E-state index is 0.757. The van der Waals surface area contributed by atoms with Crippen molar-refractivity contribution < 1.29 is 4.79 Å². The van der Waals surface area contributed by atoms with Gasteiger partial charge in [-0.15, -0.1) is 0 Å². The fourth-order valence-corrected chi connectivity index (χ4v) is 0.684. The van der Waals surface area contributed by atoms with Crippen LogP contribution in [-0.2, 0) is 4.79 Å². The molecule has 0 aromatic carbocycles. The molecule has 3 nitrogen and oxygen atoms in total. The second-order valence-corrected chi connectivity index (χ2v) is 3.11. The van der Waals surface area contributed by atoms with Crippen molar-refractivity contribution in [3.8, 4) is 0 Å². The number of carbonyl (C=O) groups excluding carboxylic acids is 1. The van der Waals surface area contributed by atoms with E-state index in [4.69, 9.17) is 0 Å². The molecule has 0 saturated heterocycles. The third-order valence-corrected chi connectivity index (χ3v) is 1.78. The lowest BCUT2D eigenvalue weighted by molar-refractivity contribution is -0.112. The summed E-state index contributed by atoms with van der Waals surface area (Å²) in [6.07, 6.45) is 0.800. The van der Waals surface area contributed by atoms with Crippen LogP contribution in [0.5, 0.6) is 0 Å². The summed E-state index contributed by atoms with van der Waals surface area (Å²) in [5.41, 5.74) is 0. The Morgan fingerprint density at radius 3 is 2.75 bits per heavy atom. The minimum atomic E-state index is 0.757. The number of halogens is 2. The average molecular weight is 340 g/mol. The zero-order chi connectivity index (χ0) is 6.41. The first kappa shape index (κ1) is 8.89. The van der Waals surface area contributed by atoms with Crippen molar-refractivity contribution in [1.82, 2.24) is 6.64 Å². The Morgan fingerprint density at radius 2 is 2.38 bits per heavy atom. The van der Waals surface area contributed by atoms with Gasteiger partial charge in [-0.25, -0.2) is 0 Å². The first-order valence-corrected chi connectivity index (χ1v) is 4.07. The maximum absolute atomic E-state index is 9.90. The Morgan fingerprint density at radius 1 is 1.75 bits per heavy atom. The molecule has 0 aromatic heterocycles. The van der Waals surface area contributed by atoms with Crippen LogP contribution in [0.25, 0.3) is 0 Å². The van der Waals surface area contributed by atoms with Crippen LogP contribution < -0.4 is 3.53 Å². The molecule has 0 fully saturated rings. The number of rotatable bonds is 4. The van der Waals surface area contributed by atoms with Crippen molar-refractivity contribution in [2.24, 2.45) is 0 Å². The first-order chi connectivity index (χ1) is 3.81. The summed E-state index contributed by atoms with van der Waals surface area (Å²) in [4.78, 5) is 9.90. The van der Waals surface area contributed by atoms with E-state index in [0.29, 0.717) is 0 Å². The number of nitrogens with zero attached hydrogens (tertiary/aromatic N) is 1. The maximum Gasteiger partial charge on any atom is 0.218 e. The molecule has 0 saturated carbocycles. The summed E-state index contributed by atoms with van der Waals surface area (Å²) >= 11 is 3.99. The van der Waals surface area contributed by atoms with Crippen molar-refractivity contribution >= 4 is 52.1 Å². The van der Waals surface area contributed by atoms with Crippen molar-refractivity contribution in [3.05, 3.63) is 0 Å². The Balaban J connectivity index is 2.98. The van der Waals surface area contributed by atoms with Crippen LogP contribution >= 0.6 is 45.7 Å². The second-order valence-electron chi connectivity index (χ2n) is 1.11. The molecule has 0 bridgehead atoms. The first-order valence-electron chi connectivity index (χ1n) is 2.02. The predicted octanol–water partition coefficient (Wildman–Crippen LogP) is 0.734. The van der Waals surface area contributed by atoms with Crippen LogP contribution in [0.3, 0.4) is 0 Å². The molecule has 5 heteroatoms. The molecule has 0 aliphatic carbocycles. The molecule has 0 atom stereocenters. The highest BCUT2D eigenvalue weighted by atomic mass is 127. The van der Waals surface area contributed by atoms with Gasteiger partial charge in [0.2, 0.25) is 6.41 Å². The van der Waals surface area contributed by atoms with Gasteiger partial charge in [-0.05, 0) is 0 Å². The molecule has 0 aromatic rings. The van der Waals surface area contributed by atoms with E-state index in [9.17, 15) is 4.79 Å². The van der Waals surface area contributed by atoms with Gasteiger partial charge in [0, 0.05) is 36.0 Å². The van der Waals surface area contributed by atoms with E-state index in [0.717, 1.165) is 19.5 Å². The molecule has 0 aliphatic rings. The Labute approximate surface area is 76.2 Å². The largest absolute Gasteiger partial charge is 0.286 e. The number of hydrogen-bond donors (Lipinski definition) is 1. The van der Waals surface area contributed by atoms with Crippen LogP contribution in [0.1, 0.15) is 0 Å². The fraction of sp³-hybridized carbons (Fsp3) is 0.667. The summed E-state index contributed by atoms with van der Waals surface area (Å²) in [6, 6.07) is 0. The summed E-state index contributed by atoms with van der Waals surface area (Å²) in [6.45, 7) is 1.59. The van der Waals surface area contributed by atoms with Gasteiger partial charge in [0.1, 0.15) is 0 Å². The summed E-state index contributed by atoms with van der Waals surface area (Å²) in [5.74, 6) is 0. The SMILES string of the molecule is O=CN(I)CCNI. The molecule has 0 unspecified atom stereocenters. The van der Waals surface area contributed by atoms with Gasteiger partial charge in [0.15, 0.2) is 0 Å².